The van der Waals surface area contributed by atoms with Crippen LogP contribution in [0.3, 0.4) is 0 Å². The highest BCUT2D eigenvalue weighted by Crippen LogP contribution is 2.16. The Morgan fingerprint density at radius 1 is 0.967 bits per heavy atom. The zero-order valence-electron chi connectivity index (χ0n) is 18.4. The molecule has 2 aromatic rings. The summed E-state index contributed by atoms with van der Waals surface area (Å²) in [6, 6.07) is 15.2. The van der Waals surface area contributed by atoms with Crippen LogP contribution in [0.15, 0.2) is 48.5 Å². The van der Waals surface area contributed by atoms with E-state index in [0.717, 1.165) is 29.1 Å². The number of nitrogens with one attached hydrogen (secondary N) is 2. The molecule has 2 amide bonds. The second kappa shape index (κ2) is 11.9. The number of aryl methyl sites for hydroxylation is 1. The van der Waals surface area contributed by atoms with E-state index in [1.165, 1.54) is 0 Å². The van der Waals surface area contributed by atoms with Crippen LogP contribution >= 0.6 is 0 Å². The van der Waals surface area contributed by atoms with Gasteiger partial charge in [-0.05, 0) is 60.7 Å². The number of carbonyl (C=O) groups excluding carboxylic acids is 2. The highest BCUT2D eigenvalue weighted by molar-refractivity contribution is 5.93. The normalized spacial score (nSPS) is 10.6. The van der Waals surface area contributed by atoms with Crippen molar-refractivity contribution in [3.05, 3.63) is 54.1 Å². The zero-order chi connectivity index (χ0) is 21.9. The molecule has 2 aromatic carbocycles. The molecule has 2 N–H and O–H groups in total. The molecule has 0 radical (unpaired) electrons. The highest BCUT2D eigenvalue weighted by Gasteiger charge is 2.06. The molecule has 0 bridgehead atoms. The topological polar surface area (TPSA) is 70.7 Å². The Hall–Kier alpha value is -3.02. The van der Waals surface area contributed by atoms with Gasteiger partial charge >= 0.3 is 0 Å². The van der Waals surface area contributed by atoms with Crippen molar-refractivity contribution in [2.45, 2.75) is 33.1 Å². The largest absolute Gasteiger partial charge is 0.494 e. The van der Waals surface area contributed by atoms with E-state index in [4.69, 9.17) is 4.74 Å². The van der Waals surface area contributed by atoms with Gasteiger partial charge in [-0.25, -0.2) is 0 Å². The van der Waals surface area contributed by atoms with Crippen molar-refractivity contribution in [1.29, 1.82) is 0 Å². The van der Waals surface area contributed by atoms with Crippen LogP contribution in [0.4, 0.5) is 11.4 Å². The predicted octanol–water partition coefficient (Wildman–Crippen LogP) is 4.18. The third-order valence-corrected chi connectivity index (χ3v) is 4.64. The summed E-state index contributed by atoms with van der Waals surface area (Å²) in [5, 5.41) is 5.98. The lowest BCUT2D eigenvalue weighted by atomic mass is 10.1. The maximum absolute atomic E-state index is 12.2. The van der Waals surface area contributed by atoms with Crippen LogP contribution in [0.5, 0.6) is 5.75 Å². The third kappa shape index (κ3) is 8.55. The molecule has 162 valence electrons. The predicted molar refractivity (Wildman–Crippen MR) is 122 cm³/mol. The number of ether oxygens (including phenoxy) is 1. The molecule has 30 heavy (non-hydrogen) atoms. The fourth-order valence-corrected chi connectivity index (χ4v) is 2.70. The number of hydrogen-bond donors (Lipinski definition) is 2. The highest BCUT2D eigenvalue weighted by atomic mass is 16.5. The van der Waals surface area contributed by atoms with Gasteiger partial charge < -0.3 is 20.3 Å². The quantitative estimate of drug-likeness (QED) is 0.582. The summed E-state index contributed by atoms with van der Waals surface area (Å²) in [4.78, 5) is 25.4. The molecule has 0 fully saturated rings. The number of anilines is 2. The Labute approximate surface area is 179 Å². The van der Waals surface area contributed by atoms with Crippen LogP contribution in [-0.2, 0) is 16.0 Å². The minimum Gasteiger partial charge on any atom is -0.494 e. The fourth-order valence-electron chi connectivity index (χ4n) is 2.70. The number of carbonyl (C=O) groups is 2. The second-order valence-corrected chi connectivity index (χ2v) is 7.94. The number of nitrogens with zero attached hydrogens (tertiary/aromatic N) is 1. The van der Waals surface area contributed by atoms with Crippen molar-refractivity contribution in [2.75, 3.05) is 37.9 Å². The first kappa shape index (κ1) is 23.3. The Morgan fingerprint density at radius 3 is 2.20 bits per heavy atom. The molecule has 0 aliphatic rings. The van der Waals surface area contributed by atoms with Crippen LogP contribution in [0, 0.1) is 5.92 Å². The average molecular weight is 412 g/mol. The molecule has 6 nitrogen and oxygen atoms in total. The van der Waals surface area contributed by atoms with E-state index >= 15 is 0 Å². The Balaban J connectivity index is 1.73. The molecule has 0 unspecified atom stereocenters. The lowest BCUT2D eigenvalue weighted by Crippen LogP contribution is -2.22. The minimum atomic E-state index is -0.122. The van der Waals surface area contributed by atoms with Crippen molar-refractivity contribution in [2.24, 2.45) is 5.92 Å². The van der Waals surface area contributed by atoms with Gasteiger partial charge in [0.05, 0.1) is 13.2 Å². The standard InChI is InChI=1S/C24H33N3O3/c1-18(2)15-16-30-22-12-10-20(11-13-22)25-17-23(28)26-21-8-5-19(6-9-21)7-14-24(29)27(3)4/h5-6,8-13,18,25H,7,14-17H2,1-4H3,(H,26,28). The van der Waals surface area contributed by atoms with Gasteiger partial charge in [0.15, 0.2) is 0 Å². The van der Waals surface area contributed by atoms with Crippen molar-refractivity contribution >= 4 is 23.2 Å². The smallest absolute Gasteiger partial charge is 0.243 e. The Kier molecular flexibility index (Phi) is 9.19. The Bertz CT molecular complexity index is 799. The van der Waals surface area contributed by atoms with Crippen molar-refractivity contribution < 1.29 is 14.3 Å². The van der Waals surface area contributed by atoms with Crippen LogP contribution in [0.25, 0.3) is 0 Å². The minimum absolute atomic E-state index is 0.105. The summed E-state index contributed by atoms with van der Waals surface area (Å²) in [6.07, 6.45) is 2.18. The van der Waals surface area contributed by atoms with Crippen LogP contribution < -0.4 is 15.4 Å². The molecule has 6 heteroatoms. The zero-order valence-corrected chi connectivity index (χ0v) is 18.4. The molecule has 0 atom stereocenters. The summed E-state index contributed by atoms with van der Waals surface area (Å²) in [5.41, 5.74) is 2.66. The molecule has 0 spiro atoms. The number of rotatable bonds is 11. The van der Waals surface area contributed by atoms with Gasteiger partial charge in [-0.1, -0.05) is 26.0 Å². The molecule has 0 heterocycles. The second-order valence-electron chi connectivity index (χ2n) is 7.94. The van der Waals surface area contributed by atoms with E-state index in [1.54, 1.807) is 19.0 Å². The molecule has 2 rings (SSSR count). The van der Waals surface area contributed by atoms with Crippen molar-refractivity contribution in [1.82, 2.24) is 4.90 Å². The maximum atomic E-state index is 12.2. The van der Waals surface area contributed by atoms with Gasteiger partial charge in [-0.2, -0.15) is 0 Å². The summed E-state index contributed by atoms with van der Waals surface area (Å²) in [5.74, 6) is 1.43. The van der Waals surface area contributed by atoms with Gasteiger partial charge in [-0.15, -0.1) is 0 Å². The van der Waals surface area contributed by atoms with Gasteiger partial charge in [0, 0.05) is 31.9 Å². The third-order valence-electron chi connectivity index (χ3n) is 4.64. The molecule has 0 saturated carbocycles. The Morgan fingerprint density at radius 2 is 1.60 bits per heavy atom. The van der Waals surface area contributed by atoms with Gasteiger partial charge in [0.1, 0.15) is 5.75 Å². The van der Waals surface area contributed by atoms with Crippen molar-refractivity contribution in [3.8, 4) is 5.75 Å². The molecule has 0 saturated heterocycles. The molecule has 0 aliphatic carbocycles. The molecule has 0 aromatic heterocycles. The van der Waals surface area contributed by atoms with Gasteiger partial charge in [0.2, 0.25) is 11.8 Å². The number of hydrogen-bond acceptors (Lipinski definition) is 4. The first-order chi connectivity index (χ1) is 14.3. The van der Waals surface area contributed by atoms with Gasteiger partial charge in [0.25, 0.3) is 0 Å². The van der Waals surface area contributed by atoms with Crippen LogP contribution in [0.1, 0.15) is 32.3 Å². The van der Waals surface area contributed by atoms with E-state index in [1.807, 2.05) is 48.5 Å². The summed E-state index contributed by atoms with van der Waals surface area (Å²) >= 11 is 0. The average Bonchev–Trinajstić information content (AvgIpc) is 2.72. The maximum Gasteiger partial charge on any atom is 0.243 e. The van der Waals surface area contributed by atoms with Crippen molar-refractivity contribution in [3.63, 3.8) is 0 Å². The van der Waals surface area contributed by atoms with E-state index < -0.39 is 0 Å². The lowest BCUT2D eigenvalue weighted by Gasteiger charge is -2.11. The van der Waals surface area contributed by atoms with E-state index in [-0.39, 0.29) is 18.4 Å². The monoisotopic (exact) mass is 411 g/mol. The van der Waals surface area contributed by atoms with Gasteiger partial charge in [-0.3, -0.25) is 9.59 Å². The SMILES string of the molecule is CC(C)CCOc1ccc(NCC(=O)Nc2ccc(CCC(=O)N(C)C)cc2)cc1. The fraction of sp³-hybridized carbons (Fsp3) is 0.417. The molecular weight excluding hydrogens is 378 g/mol. The first-order valence-electron chi connectivity index (χ1n) is 10.4. The molecule has 0 aliphatic heterocycles. The number of benzene rings is 2. The van der Waals surface area contributed by atoms with Crippen LogP contribution in [-0.4, -0.2) is 44.0 Å². The van der Waals surface area contributed by atoms with Crippen LogP contribution in [0.2, 0.25) is 0 Å². The summed E-state index contributed by atoms with van der Waals surface area (Å²) < 4.78 is 5.70. The lowest BCUT2D eigenvalue weighted by molar-refractivity contribution is -0.128. The van der Waals surface area contributed by atoms with E-state index in [0.29, 0.717) is 25.4 Å². The van der Waals surface area contributed by atoms with E-state index in [2.05, 4.69) is 24.5 Å². The first-order valence-corrected chi connectivity index (χ1v) is 10.4. The van der Waals surface area contributed by atoms with E-state index in [9.17, 15) is 9.59 Å². The number of amides is 2. The molecular formula is C24H33N3O3. The summed E-state index contributed by atoms with van der Waals surface area (Å²) in [6.45, 7) is 5.22. The summed E-state index contributed by atoms with van der Waals surface area (Å²) in [7, 11) is 3.51.